The highest BCUT2D eigenvalue weighted by Gasteiger charge is 2.39. The van der Waals surface area contributed by atoms with E-state index in [1.165, 1.54) is 23.8 Å². The van der Waals surface area contributed by atoms with E-state index >= 15 is 0 Å². The van der Waals surface area contributed by atoms with Gasteiger partial charge in [0.15, 0.2) is 11.5 Å². The summed E-state index contributed by atoms with van der Waals surface area (Å²) in [6, 6.07) is 10.2. The van der Waals surface area contributed by atoms with Gasteiger partial charge >= 0.3 is 5.97 Å². The third-order valence-electron chi connectivity index (χ3n) is 5.78. The Balaban J connectivity index is 1.83. The molecule has 164 valence electrons. The van der Waals surface area contributed by atoms with Gasteiger partial charge in [-0.2, -0.15) is 0 Å². The van der Waals surface area contributed by atoms with Crippen LogP contribution in [-0.4, -0.2) is 36.5 Å². The van der Waals surface area contributed by atoms with E-state index in [0.29, 0.717) is 6.61 Å². The van der Waals surface area contributed by atoms with Gasteiger partial charge in [-0.1, -0.05) is 24.3 Å². The summed E-state index contributed by atoms with van der Waals surface area (Å²) in [5.74, 6) is 1.43. The van der Waals surface area contributed by atoms with Crippen LogP contribution in [0.1, 0.15) is 62.4 Å². The van der Waals surface area contributed by atoms with Crippen molar-refractivity contribution in [2.24, 2.45) is 4.99 Å². The lowest BCUT2D eigenvalue weighted by Gasteiger charge is -2.31. The number of nitrogens with zero attached hydrogens (tertiary/aromatic N) is 1. The van der Waals surface area contributed by atoms with E-state index in [1.807, 2.05) is 31.2 Å². The average molecular weight is 422 g/mol. The van der Waals surface area contributed by atoms with E-state index in [2.05, 4.69) is 33.8 Å². The molecule has 5 heteroatoms. The number of hydrogen-bond donors (Lipinski definition) is 0. The molecule has 2 aliphatic heterocycles. The van der Waals surface area contributed by atoms with Crippen LogP contribution in [0, 0.1) is 0 Å². The Bertz CT molecular complexity index is 1050. The molecule has 31 heavy (non-hydrogen) atoms. The molecule has 0 bridgehead atoms. The zero-order valence-electron chi connectivity index (χ0n) is 19.3. The molecule has 0 aliphatic carbocycles. The predicted molar refractivity (Wildman–Crippen MR) is 122 cm³/mol. The van der Waals surface area contributed by atoms with E-state index in [4.69, 9.17) is 19.2 Å². The van der Waals surface area contributed by atoms with Gasteiger partial charge in [-0.05, 0) is 58.2 Å². The average Bonchev–Trinajstić information content (AvgIpc) is 3.02. The van der Waals surface area contributed by atoms with Crippen LogP contribution < -0.4 is 9.47 Å². The molecule has 0 atom stereocenters. The zero-order valence-corrected chi connectivity index (χ0v) is 19.3. The number of aliphatic imine (C=N–C) groups is 1. The normalized spacial score (nSPS) is 17.8. The van der Waals surface area contributed by atoms with Crippen LogP contribution >= 0.6 is 0 Å². The predicted octanol–water partition coefficient (Wildman–Crippen LogP) is 4.69. The fourth-order valence-corrected chi connectivity index (χ4v) is 4.56. The number of hydrogen-bond acceptors (Lipinski definition) is 5. The number of rotatable bonds is 5. The lowest BCUT2D eigenvalue weighted by atomic mass is 9.81. The van der Waals surface area contributed by atoms with Crippen LogP contribution in [0.5, 0.6) is 11.5 Å². The summed E-state index contributed by atoms with van der Waals surface area (Å²) < 4.78 is 17.1. The second kappa shape index (κ2) is 7.70. The van der Waals surface area contributed by atoms with Crippen molar-refractivity contribution in [2.45, 2.75) is 65.0 Å². The number of benzene rings is 2. The SMILES string of the molecule is CCOc1cc2c(c3c1OC(C)(C)C3)C(c1ccc(CC(=O)OC)cc1)=NC(C)(C)C2. The third kappa shape index (κ3) is 4.18. The molecule has 5 nitrogen and oxygen atoms in total. The molecule has 0 radical (unpaired) electrons. The van der Waals surface area contributed by atoms with Gasteiger partial charge in [0.2, 0.25) is 0 Å². The first-order valence-corrected chi connectivity index (χ1v) is 10.9. The van der Waals surface area contributed by atoms with Crippen molar-refractivity contribution >= 4 is 11.7 Å². The van der Waals surface area contributed by atoms with Crippen LogP contribution in [0.4, 0.5) is 0 Å². The molecule has 0 saturated carbocycles. The summed E-state index contributed by atoms with van der Waals surface area (Å²) in [7, 11) is 1.41. The fraction of sp³-hybridized carbons (Fsp3) is 0.462. The molecule has 2 aromatic carbocycles. The van der Waals surface area contributed by atoms with Crippen molar-refractivity contribution in [1.29, 1.82) is 0 Å². The number of esters is 1. The van der Waals surface area contributed by atoms with Crippen LogP contribution in [-0.2, 0) is 28.8 Å². The van der Waals surface area contributed by atoms with Gasteiger partial charge in [0.25, 0.3) is 0 Å². The van der Waals surface area contributed by atoms with E-state index < -0.39 is 0 Å². The molecule has 0 amide bonds. The van der Waals surface area contributed by atoms with Crippen LogP contribution in [0.15, 0.2) is 35.3 Å². The van der Waals surface area contributed by atoms with Crippen LogP contribution in [0.2, 0.25) is 0 Å². The highest BCUT2D eigenvalue weighted by Crippen LogP contribution is 2.48. The van der Waals surface area contributed by atoms with Gasteiger partial charge < -0.3 is 14.2 Å². The lowest BCUT2D eigenvalue weighted by Crippen LogP contribution is -2.30. The van der Waals surface area contributed by atoms with Gasteiger partial charge in [-0.15, -0.1) is 0 Å². The lowest BCUT2D eigenvalue weighted by molar-refractivity contribution is -0.139. The monoisotopic (exact) mass is 421 g/mol. The van der Waals surface area contributed by atoms with Gasteiger partial charge in [0.05, 0.1) is 31.4 Å². The number of methoxy groups -OCH3 is 1. The summed E-state index contributed by atoms with van der Waals surface area (Å²) in [4.78, 5) is 16.8. The van der Waals surface area contributed by atoms with Crippen molar-refractivity contribution in [3.05, 3.63) is 58.1 Å². The summed E-state index contributed by atoms with van der Waals surface area (Å²) in [5, 5.41) is 0. The Labute approximate surface area is 184 Å². The van der Waals surface area contributed by atoms with E-state index in [1.54, 1.807) is 0 Å². The number of carbonyl (C=O) groups is 1. The van der Waals surface area contributed by atoms with Crippen molar-refractivity contribution in [2.75, 3.05) is 13.7 Å². The number of ether oxygens (including phenoxy) is 3. The van der Waals surface area contributed by atoms with Crippen molar-refractivity contribution in [1.82, 2.24) is 0 Å². The maximum Gasteiger partial charge on any atom is 0.309 e. The third-order valence-corrected chi connectivity index (χ3v) is 5.78. The largest absolute Gasteiger partial charge is 0.490 e. The first-order valence-electron chi connectivity index (χ1n) is 10.9. The standard InChI is InChI=1S/C26H31NO4/c1-7-30-20-13-18-14-25(2,3)27-23(22(18)19-15-26(4,5)31-24(19)20)17-10-8-16(9-11-17)12-21(28)29-6/h8-11,13H,7,12,14-15H2,1-6H3. The minimum absolute atomic E-state index is 0.222. The van der Waals surface area contributed by atoms with Gasteiger partial charge in [0, 0.05) is 23.1 Å². The Morgan fingerprint density at radius 2 is 1.84 bits per heavy atom. The van der Waals surface area contributed by atoms with Crippen LogP contribution in [0.25, 0.3) is 0 Å². The maximum atomic E-state index is 11.6. The van der Waals surface area contributed by atoms with Crippen molar-refractivity contribution < 1.29 is 19.0 Å². The smallest absolute Gasteiger partial charge is 0.309 e. The quantitative estimate of drug-likeness (QED) is 0.658. The molecule has 0 aromatic heterocycles. The summed E-state index contributed by atoms with van der Waals surface area (Å²) in [6.07, 6.45) is 1.92. The van der Waals surface area contributed by atoms with E-state index in [0.717, 1.165) is 41.2 Å². The molecular weight excluding hydrogens is 390 g/mol. The first kappa shape index (κ1) is 21.4. The Morgan fingerprint density at radius 1 is 1.13 bits per heavy atom. The minimum atomic E-state index is -0.286. The second-order valence-corrected chi connectivity index (χ2v) is 9.59. The molecule has 0 spiro atoms. The highest BCUT2D eigenvalue weighted by atomic mass is 16.5. The molecule has 0 unspecified atom stereocenters. The van der Waals surface area contributed by atoms with Gasteiger partial charge in [-0.3, -0.25) is 9.79 Å². The molecule has 0 N–H and O–H groups in total. The number of fused-ring (bicyclic) bond motifs is 3. The molecular formula is C26H31NO4. The van der Waals surface area contributed by atoms with E-state index in [-0.39, 0.29) is 23.5 Å². The molecule has 2 heterocycles. The molecule has 0 saturated heterocycles. The van der Waals surface area contributed by atoms with Gasteiger partial charge in [0.1, 0.15) is 5.60 Å². The number of carbonyl (C=O) groups excluding carboxylic acids is 1. The first-order chi connectivity index (χ1) is 14.6. The summed E-state index contributed by atoms with van der Waals surface area (Å²) in [6.45, 7) is 11.1. The summed E-state index contributed by atoms with van der Waals surface area (Å²) >= 11 is 0. The van der Waals surface area contributed by atoms with Crippen molar-refractivity contribution in [3.63, 3.8) is 0 Å². The van der Waals surface area contributed by atoms with Crippen LogP contribution in [0.3, 0.4) is 0 Å². The van der Waals surface area contributed by atoms with Gasteiger partial charge in [-0.25, -0.2) is 0 Å². The minimum Gasteiger partial charge on any atom is -0.490 e. The molecule has 2 aliphatic rings. The fourth-order valence-electron chi connectivity index (χ4n) is 4.56. The van der Waals surface area contributed by atoms with E-state index in [9.17, 15) is 4.79 Å². The highest BCUT2D eigenvalue weighted by molar-refractivity contribution is 6.16. The zero-order chi connectivity index (χ0) is 22.4. The Morgan fingerprint density at radius 3 is 2.48 bits per heavy atom. The Kier molecular flexibility index (Phi) is 5.32. The molecule has 4 rings (SSSR count). The maximum absolute atomic E-state index is 11.6. The Hall–Kier alpha value is -2.82. The second-order valence-electron chi connectivity index (χ2n) is 9.59. The summed E-state index contributed by atoms with van der Waals surface area (Å²) in [5.41, 5.74) is 6.04. The topological polar surface area (TPSA) is 57.1 Å². The van der Waals surface area contributed by atoms with Crippen molar-refractivity contribution in [3.8, 4) is 11.5 Å². The molecule has 0 fully saturated rings. The molecule has 2 aromatic rings.